The van der Waals surface area contributed by atoms with Crippen molar-refractivity contribution in [1.29, 1.82) is 0 Å². The van der Waals surface area contributed by atoms with Gasteiger partial charge in [-0.25, -0.2) is 8.42 Å². The van der Waals surface area contributed by atoms with Gasteiger partial charge in [0.25, 0.3) is 0 Å². The van der Waals surface area contributed by atoms with E-state index < -0.39 is 16.1 Å². The highest BCUT2D eigenvalue weighted by atomic mass is 32.2. The Labute approximate surface area is 158 Å². The van der Waals surface area contributed by atoms with E-state index in [0.717, 1.165) is 12.8 Å². The minimum absolute atomic E-state index is 0.143. The lowest BCUT2D eigenvalue weighted by Crippen LogP contribution is -2.42. The molecule has 0 unspecified atom stereocenters. The highest BCUT2D eigenvalue weighted by molar-refractivity contribution is 7.89. The van der Waals surface area contributed by atoms with Crippen LogP contribution in [0, 0.1) is 6.92 Å². The van der Waals surface area contributed by atoms with Crippen LogP contribution in [0.3, 0.4) is 0 Å². The average molecular weight is 393 g/mol. The van der Waals surface area contributed by atoms with E-state index in [2.05, 4.69) is 10.2 Å². The van der Waals surface area contributed by atoms with Crippen LogP contribution < -0.4 is 4.74 Å². The standard InChI is InChI=1S/C18H23N3O5S/c1-13-19-20-18(25-13)17-12-21(10-11-24-17)27(22,23)16-8-6-15(7-9-16)26-14-4-2-3-5-14/h6-9,14,17H,2-5,10-12H2,1H3/t17-/m1/s1. The van der Waals surface area contributed by atoms with Gasteiger partial charge in [0.05, 0.1) is 17.6 Å². The van der Waals surface area contributed by atoms with Crippen LogP contribution in [0.4, 0.5) is 0 Å². The highest BCUT2D eigenvalue weighted by Crippen LogP contribution is 2.28. The van der Waals surface area contributed by atoms with Gasteiger partial charge in [0.15, 0.2) is 0 Å². The zero-order valence-electron chi connectivity index (χ0n) is 15.2. The molecular formula is C18H23N3O5S. The summed E-state index contributed by atoms with van der Waals surface area (Å²) in [5.74, 6) is 1.43. The molecule has 0 spiro atoms. The summed E-state index contributed by atoms with van der Waals surface area (Å²) < 4.78 is 44.3. The van der Waals surface area contributed by atoms with Gasteiger partial charge < -0.3 is 13.9 Å². The number of benzene rings is 1. The van der Waals surface area contributed by atoms with Crippen molar-refractivity contribution in [1.82, 2.24) is 14.5 Å². The van der Waals surface area contributed by atoms with E-state index in [1.807, 2.05) is 0 Å². The van der Waals surface area contributed by atoms with Crippen molar-refractivity contribution in [3.05, 3.63) is 36.0 Å². The van der Waals surface area contributed by atoms with Crippen molar-refractivity contribution in [2.45, 2.75) is 49.7 Å². The lowest BCUT2D eigenvalue weighted by atomic mass is 10.3. The molecule has 2 aliphatic rings. The van der Waals surface area contributed by atoms with Gasteiger partial charge in [0.2, 0.25) is 21.8 Å². The predicted molar refractivity (Wildman–Crippen MR) is 95.8 cm³/mol. The third-order valence-electron chi connectivity index (χ3n) is 4.91. The first-order valence-corrected chi connectivity index (χ1v) is 10.6. The molecule has 1 aromatic heterocycles. The molecular weight excluding hydrogens is 370 g/mol. The quantitative estimate of drug-likeness (QED) is 0.770. The van der Waals surface area contributed by atoms with Gasteiger partial charge in [0.1, 0.15) is 11.9 Å². The van der Waals surface area contributed by atoms with E-state index in [9.17, 15) is 8.42 Å². The molecule has 0 amide bonds. The van der Waals surface area contributed by atoms with Gasteiger partial charge in [-0.05, 0) is 49.9 Å². The van der Waals surface area contributed by atoms with Crippen LogP contribution in [-0.4, -0.2) is 48.7 Å². The molecule has 0 N–H and O–H groups in total. The summed E-state index contributed by atoms with van der Waals surface area (Å²) in [6.45, 7) is 2.38. The summed E-state index contributed by atoms with van der Waals surface area (Å²) in [6.07, 6.45) is 4.18. The SMILES string of the molecule is Cc1nnc([C@H]2CN(S(=O)(=O)c3ccc(OC4CCCC4)cc3)CCO2)o1. The Balaban J connectivity index is 1.46. The lowest BCUT2D eigenvalue weighted by Gasteiger charge is -2.30. The normalized spacial score (nSPS) is 22.2. The zero-order chi connectivity index (χ0) is 18.9. The van der Waals surface area contributed by atoms with E-state index >= 15 is 0 Å². The first kappa shape index (κ1) is 18.4. The molecule has 0 radical (unpaired) electrons. The summed E-state index contributed by atoms with van der Waals surface area (Å²) in [5.41, 5.74) is 0. The van der Waals surface area contributed by atoms with Crippen LogP contribution >= 0.6 is 0 Å². The number of ether oxygens (including phenoxy) is 2. The molecule has 0 bridgehead atoms. The molecule has 2 aromatic rings. The molecule has 1 atom stereocenters. The molecule has 9 heteroatoms. The summed E-state index contributed by atoms with van der Waals surface area (Å²) in [7, 11) is -3.63. The Kier molecular flexibility index (Phi) is 5.16. The molecule has 1 aliphatic carbocycles. The molecule has 1 saturated carbocycles. The maximum absolute atomic E-state index is 13.0. The maximum atomic E-state index is 13.0. The smallest absolute Gasteiger partial charge is 0.246 e. The van der Waals surface area contributed by atoms with Gasteiger partial charge in [0, 0.05) is 20.0 Å². The first-order valence-electron chi connectivity index (χ1n) is 9.21. The minimum Gasteiger partial charge on any atom is -0.490 e. The second-order valence-electron chi connectivity index (χ2n) is 6.88. The molecule has 2 fully saturated rings. The number of sulfonamides is 1. The van der Waals surface area contributed by atoms with E-state index in [1.54, 1.807) is 31.2 Å². The molecule has 1 aromatic carbocycles. The number of rotatable bonds is 5. The van der Waals surface area contributed by atoms with Gasteiger partial charge in [-0.1, -0.05) is 0 Å². The van der Waals surface area contributed by atoms with Crippen LogP contribution in [0.1, 0.15) is 43.6 Å². The van der Waals surface area contributed by atoms with Crippen molar-refractivity contribution in [2.24, 2.45) is 0 Å². The van der Waals surface area contributed by atoms with Crippen LogP contribution in [-0.2, 0) is 14.8 Å². The molecule has 1 aliphatic heterocycles. The monoisotopic (exact) mass is 393 g/mol. The van der Waals surface area contributed by atoms with Crippen LogP contribution in [0.25, 0.3) is 0 Å². The van der Waals surface area contributed by atoms with E-state index in [0.29, 0.717) is 17.5 Å². The molecule has 1 saturated heterocycles. The Hall–Kier alpha value is -1.97. The summed E-state index contributed by atoms with van der Waals surface area (Å²) >= 11 is 0. The molecule has 27 heavy (non-hydrogen) atoms. The highest BCUT2D eigenvalue weighted by Gasteiger charge is 2.34. The fraction of sp³-hybridized carbons (Fsp3) is 0.556. The number of hydrogen-bond acceptors (Lipinski definition) is 7. The minimum atomic E-state index is -3.63. The molecule has 2 heterocycles. The van der Waals surface area contributed by atoms with E-state index in [4.69, 9.17) is 13.9 Å². The van der Waals surface area contributed by atoms with Gasteiger partial charge in [-0.15, -0.1) is 10.2 Å². The first-order chi connectivity index (χ1) is 13.0. The third-order valence-corrected chi connectivity index (χ3v) is 6.79. The second-order valence-corrected chi connectivity index (χ2v) is 8.82. The summed E-state index contributed by atoms with van der Waals surface area (Å²) in [6, 6.07) is 6.65. The molecule has 146 valence electrons. The van der Waals surface area contributed by atoms with Crippen molar-refractivity contribution in [3.8, 4) is 5.75 Å². The van der Waals surface area contributed by atoms with Crippen LogP contribution in [0.15, 0.2) is 33.6 Å². The largest absolute Gasteiger partial charge is 0.490 e. The van der Waals surface area contributed by atoms with Crippen molar-refractivity contribution >= 4 is 10.0 Å². The second kappa shape index (κ2) is 7.57. The Morgan fingerprint density at radius 3 is 2.56 bits per heavy atom. The maximum Gasteiger partial charge on any atom is 0.246 e. The number of nitrogens with zero attached hydrogens (tertiary/aromatic N) is 3. The fourth-order valence-electron chi connectivity index (χ4n) is 3.47. The lowest BCUT2D eigenvalue weighted by molar-refractivity contribution is -0.0176. The average Bonchev–Trinajstić information content (AvgIpc) is 3.34. The Morgan fingerprint density at radius 1 is 1.15 bits per heavy atom. The topological polar surface area (TPSA) is 94.8 Å². The van der Waals surface area contributed by atoms with Gasteiger partial charge in [-0.2, -0.15) is 4.31 Å². The van der Waals surface area contributed by atoms with Crippen LogP contribution in [0.5, 0.6) is 5.75 Å². The van der Waals surface area contributed by atoms with Crippen molar-refractivity contribution in [3.63, 3.8) is 0 Å². The Bertz CT molecular complexity index is 875. The summed E-state index contributed by atoms with van der Waals surface area (Å²) in [5, 5.41) is 7.72. The zero-order valence-corrected chi connectivity index (χ0v) is 16.0. The predicted octanol–water partition coefficient (Wildman–Crippen LogP) is 2.46. The van der Waals surface area contributed by atoms with Gasteiger partial charge in [-0.3, -0.25) is 0 Å². The Morgan fingerprint density at radius 2 is 1.89 bits per heavy atom. The summed E-state index contributed by atoms with van der Waals surface area (Å²) in [4.78, 5) is 0.239. The molecule has 8 nitrogen and oxygen atoms in total. The van der Waals surface area contributed by atoms with Crippen LogP contribution in [0.2, 0.25) is 0 Å². The van der Waals surface area contributed by atoms with Crippen molar-refractivity contribution in [2.75, 3.05) is 19.7 Å². The van der Waals surface area contributed by atoms with Crippen molar-refractivity contribution < 1.29 is 22.3 Å². The number of hydrogen-bond donors (Lipinski definition) is 0. The number of aromatic nitrogens is 2. The number of aryl methyl sites for hydroxylation is 1. The number of morpholine rings is 1. The third kappa shape index (κ3) is 3.99. The van der Waals surface area contributed by atoms with Gasteiger partial charge >= 0.3 is 0 Å². The fourth-order valence-corrected chi connectivity index (χ4v) is 4.90. The molecule has 4 rings (SSSR count). The van der Waals surface area contributed by atoms with E-state index in [-0.39, 0.29) is 30.7 Å². The van der Waals surface area contributed by atoms with E-state index in [1.165, 1.54) is 17.1 Å².